The third kappa shape index (κ3) is 2.06. The van der Waals surface area contributed by atoms with Crippen LogP contribution in [0.1, 0.15) is 0 Å². The average Bonchev–Trinajstić information content (AvgIpc) is 2.50. The number of nitrogens with zero attached hydrogens (tertiary/aromatic N) is 2. The van der Waals surface area contributed by atoms with E-state index in [2.05, 4.69) is 10.4 Å². The van der Waals surface area contributed by atoms with Gasteiger partial charge in [-0.3, -0.25) is 4.79 Å². The van der Waals surface area contributed by atoms with Crippen molar-refractivity contribution in [2.75, 3.05) is 19.0 Å². The molecule has 0 fully saturated rings. The first-order valence-corrected chi connectivity index (χ1v) is 3.59. The van der Waals surface area contributed by atoms with Crippen molar-refractivity contribution in [3.05, 3.63) is 12.3 Å². The molecular formula is C7H11N3O2. The first-order chi connectivity index (χ1) is 5.88. The zero-order valence-electron chi connectivity index (χ0n) is 6.86. The summed E-state index contributed by atoms with van der Waals surface area (Å²) in [6.07, 6.45) is 2.25. The van der Waals surface area contributed by atoms with Crippen molar-refractivity contribution >= 4 is 12.2 Å². The van der Waals surface area contributed by atoms with Gasteiger partial charge in [-0.25, -0.2) is 4.68 Å². The topological polar surface area (TPSA) is 56.1 Å². The average molecular weight is 169 g/mol. The number of carbonyl (C=O) groups excluding carboxylic acids is 1. The predicted molar refractivity (Wildman–Crippen MR) is 43.8 cm³/mol. The van der Waals surface area contributed by atoms with Gasteiger partial charge >= 0.3 is 0 Å². The van der Waals surface area contributed by atoms with E-state index in [1.54, 1.807) is 24.1 Å². The highest BCUT2D eigenvalue weighted by atomic mass is 16.5. The van der Waals surface area contributed by atoms with E-state index in [1.165, 1.54) is 0 Å². The van der Waals surface area contributed by atoms with Crippen LogP contribution in [0.4, 0.5) is 5.82 Å². The van der Waals surface area contributed by atoms with E-state index in [4.69, 9.17) is 4.74 Å². The van der Waals surface area contributed by atoms with Gasteiger partial charge in [0.05, 0.1) is 19.3 Å². The van der Waals surface area contributed by atoms with E-state index in [9.17, 15) is 4.79 Å². The molecule has 1 amide bonds. The second kappa shape index (κ2) is 4.50. The molecule has 0 spiro atoms. The lowest BCUT2D eigenvalue weighted by Crippen LogP contribution is -2.09. The maximum atomic E-state index is 10.1. The quantitative estimate of drug-likeness (QED) is 0.636. The van der Waals surface area contributed by atoms with Gasteiger partial charge in [0.1, 0.15) is 5.82 Å². The summed E-state index contributed by atoms with van der Waals surface area (Å²) in [6, 6.07) is 1.73. The molecule has 0 saturated carbocycles. The fourth-order valence-electron chi connectivity index (χ4n) is 0.872. The summed E-state index contributed by atoms with van der Waals surface area (Å²) in [4.78, 5) is 10.1. The zero-order valence-corrected chi connectivity index (χ0v) is 6.86. The Morgan fingerprint density at radius 3 is 3.33 bits per heavy atom. The van der Waals surface area contributed by atoms with Gasteiger partial charge in [0, 0.05) is 13.2 Å². The first-order valence-electron chi connectivity index (χ1n) is 3.59. The Balaban J connectivity index is 2.57. The van der Waals surface area contributed by atoms with Crippen LogP contribution in [0, 0.1) is 0 Å². The highest BCUT2D eigenvalue weighted by molar-refractivity contribution is 5.68. The van der Waals surface area contributed by atoms with Crippen LogP contribution < -0.4 is 5.32 Å². The minimum absolute atomic E-state index is 0.579. The van der Waals surface area contributed by atoms with Gasteiger partial charge in [0.25, 0.3) is 0 Å². The molecule has 1 aromatic rings. The Labute approximate surface area is 70.3 Å². The molecule has 66 valence electrons. The molecule has 0 radical (unpaired) electrons. The monoisotopic (exact) mass is 169 g/mol. The molecule has 0 unspecified atom stereocenters. The van der Waals surface area contributed by atoms with Crippen molar-refractivity contribution in [3.63, 3.8) is 0 Å². The smallest absolute Gasteiger partial charge is 0.212 e. The molecule has 0 aliphatic heterocycles. The van der Waals surface area contributed by atoms with Crippen LogP contribution in [0.2, 0.25) is 0 Å². The highest BCUT2D eigenvalue weighted by Gasteiger charge is 1.98. The third-order valence-electron chi connectivity index (χ3n) is 1.43. The minimum Gasteiger partial charge on any atom is -0.383 e. The van der Waals surface area contributed by atoms with Gasteiger partial charge < -0.3 is 10.1 Å². The van der Waals surface area contributed by atoms with Gasteiger partial charge in [-0.05, 0) is 0 Å². The van der Waals surface area contributed by atoms with Gasteiger partial charge in [-0.15, -0.1) is 0 Å². The number of ether oxygens (including phenoxy) is 1. The fourth-order valence-corrected chi connectivity index (χ4v) is 0.872. The Kier molecular flexibility index (Phi) is 3.28. The standard InChI is InChI=1S/C7H11N3O2/c1-12-5-4-10-7(8-6-11)2-3-9-10/h2-3,6H,4-5H2,1H3,(H,8,11). The van der Waals surface area contributed by atoms with E-state index >= 15 is 0 Å². The zero-order chi connectivity index (χ0) is 8.81. The van der Waals surface area contributed by atoms with Crippen molar-refractivity contribution in [2.45, 2.75) is 6.54 Å². The molecule has 0 saturated heterocycles. The molecule has 1 N–H and O–H groups in total. The van der Waals surface area contributed by atoms with E-state index in [0.717, 1.165) is 0 Å². The molecule has 5 nitrogen and oxygen atoms in total. The number of hydrogen-bond donors (Lipinski definition) is 1. The fraction of sp³-hybridized carbons (Fsp3) is 0.429. The largest absolute Gasteiger partial charge is 0.383 e. The van der Waals surface area contributed by atoms with Crippen LogP contribution in [0.3, 0.4) is 0 Å². The van der Waals surface area contributed by atoms with Crippen molar-refractivity contribution in [3.8, 4) is 0 Å². The molecule has 0 bridgehead atoms. The van der Waals surface area contributed by atoms with Gasteiger partial charge in [-0.1, -0.05) is 0 Å². The molecular weight excluding hydrogens is 158 g/mol. The summed E-state index contributed by atoms with van der Waals surface area (Å²) in [5, 5.41) is 6.52. The van der Waals surface area contributed by atoms with Gasteiger partial charge in [0.2, 0.25) is 6.41 Å². The second-order valence-electron chi connectivity index (χ2n) is 2.19. The summed E-state index contributed by atoms with van der Waals surface area (Å²) < 4.78 is 6.54. The number of methoxy groups -OCH3 is 1. The Morgan fingerprint density at radius 1 is 1.83 bits per heavy atom. The summed E-state index contributed by atoms with van der Waals surface area (Å²) in [5.74, 6) is 0.682. The lowest BCUT2D eigenvalue weighted by atomic mass is 10.6. The molecule has 0 aliphatic carbocycles. The number of amides is 1. The van der Waals surface area contributed by atoms with Crippen LogP contribution in [-0.2, 0) is 16.1 Å². The number of anilines is 1. The van der Waals surface area contributed by atoms with E-state index < -0.39 is 0 Å². The van der Waals surface area contributed by atoms with Crippen LogP contribution in [-0.4, -0.2) is 29.9 Å². The van der Waals surface area contributed by atoms with Crippen LogP contribution in [0.5, 0.6) is 0 Å². The van der Waals surface area contributed by atoms with Crippen molar-refractivity contribution < 1.29 is 9.53 Å². The molecule has 0 atom stereocenters. The Morgan fingerprint density at radius 2 is 2.67 bits per heavy atom. The molecule has 12 heavy (non-hydrogen) atoms. The normalized spacial score (nSPS) is 9.75. The number of aromatic nitrogens is 2. The molecule has 1 rings (SSSR count). The predicted octanol–water partition coefficient (Wildman–Crippen LogP) is 0.0978. The van der Waals surface area contributed by atoms with Crippen LogP contribution in [0.25, 0.3) is 0 Å². The molecule has 0 aromatic carbocycles. The summed E-state index contributed by atoms with van der Waals surface area (Å²) in [7, 11) is 1.62. The van der Waals surface area contributed by atoms with Crippen molar-refractivity contribution in [1.82, 2.24) is 9.78 Å². The third-order valence-corrected chi connectivity index (χ3v) is 1.43. The SMILES string of the molecule is COCCn1nccc1NC=O. The van der Waals surface area contributed by atoms with Crippen molar-refractivity contribution in [2.24, 2.45) is 0 Å². The minimum atomic E-state index is 0.579. The summed E-state index contributed by atoms with van der Waals surface area (Å²) in [5.41, 5.74) is 0. The summed E-state index contributed by atoms with van der Waals surface area (Å²) >= 11 is 0. The number of carbonyl (C=O) groups is 1. The number of hydrogen-bond acceptors (Lipinski definition) is 3. The first kappa shape index (κ1) is 8.73. The van der Waals surface area contributed by atoms with Crippen LogP contribution in [0.15, 0.2) is 12.3 Å². The van der Waals surface area contributed by atoms with Gasteiger partial charge in [-0.2, -0.15) is 5.10 Å². The van der Waals surface area contributed by atoms with Crippen molar-refractivity contribution in [1.29, 1.82) is 0 Å². The van der Waals surface area contributed by atoms with E-state index in [1.807, 2.05) is 0 Å². The van der Waals surface area contributed by atoms with Gasteiger partial charge in [0.15, 0.2) is 0 Å². The molecule has 0 aliphatic rings. The number of nitrogens with one attached hydrogen (secondary N) is 1. The van der Waals surface area contributed by atoms with E-state index in [-0.39, 0.29) is 0 Å². The maximum absolute atomic E-state index is 10.1. The molecule has 1 heterocycles. The lowest BCUT2D eigenvalue weighted by molar-refractivity contribution is -0.105. The second-order valence-corrected chi connectivity index (χ2v) is 2.19. The lowest BCUT2D eigenvalue weighted by Gasteiger charge is -2.04. The maximum Gasteiger partial charge on any atom is 0.212 e. The number of rotatable bonds is 5. The van der Waals surface area contributed by atoms with Crippen LogP contribution >= 0.6 is 0 Å². The van der Waals surface area contributed by atoms with E-state index in [0.29, 0.717) is 25.4 Å². The highest BCUT2D eigenvalue weighted by Crippen LogP contribution is 2.03. The summed E-state index contributed by atoms with van der Waals surface area (Å²) in [6.45, 7) is 1.22. The molecule has 1 aromatic heterocycles. The molecule has 5 heteroatoms. The Hall–Kier alpha value is -1.36. The Bertz CT molecular complexity index is 247.